The molecule has 182 valence electrons. The summed E-state index contributed by atoms with van der Waals surface area (Å²) in [4.78, 5) is 19.9. The number of piperidine rings is 1. The molecule has 3 N–H and O–H groups in total. The normalized spacial score (nSPS) is 13.7. The number of fused-ring (bicyclic) bond motifs is 1. The van der Waals surface area contributed by atoms with E-state index in [0.717, 1.165) is 49.1 Å². The molecule has 2 aromatic carbocycles. The Morgan fingerprint density at radius 2 is 1.74 bits per heavy atom. The first kappa shape index (κ1) is 23.7. The minimum atomic E-state index is 0.0527. The van der Waals surface area contributed by atoms with Crippen LogP contribution in [-0.2, 0) is 0 Å². The zero-order valence-corrected chi connectivity index (χ0v) is 20.1. The molecular weight excluding hydrogens is 434 g/mol. The van der Waals surface area contributed by atoms with Crippen molar-refractivity contribution in [3.63, 3.8) is 0 Å². The molecule has 0 bridgehead atoms. The third-order valence-electron chi connectivity index (χ3n) is 6.12. The Balaban J connectivity index is 1.85. The van der Waals surface area contributed by atoms with E-state index < -0.39 is 0 Å². The number of carbonyl (C=O) groups excluding carboxylic acids is 1. The number of likely N-dealkylation sites (tertiary alicyclic amines) is 1. The van der Waals surface area contributed by atoms with E-state index in [1.807, 2.05) is 39.8 Å². The van der Waals surface area contributed by atoms with Crippen LogP contribution < -0.4 is 25.3 Å². The third-order valence-corrected chi connectivity index (χ3v) is 6.12. The van der Waals surface area contributed by atoms with Gasteiger partial charge < -0.3 is 30.2 Å². The van der Waals surface area contributed by atoms with Crippen molar-refractivity contribution in [2.45, 2.75) is 25.7 Å². The maximum absolute atomic E-state index is 13.2. The average molecular weight is 468 g/mol. The van der Waals surface area contributed by atoms with Crippen molar-refractivity contribution in [1.82, 2.24) is 14.5 Å². The smallest absolute Gasteiger partial charge is 0.253 e. The summed E-state index contributed by atoms with van der Waals surface area (Å²) in [5.41, 5.74) is 8.70. The number of hydrogen-bond donors (Lipinski definition) is 2. The maximum Gasteiger partial charge on any atom is 0.253 e. The number of nitrogens with two attached hydrogens (primary N) is 1. The van der Waals surface area contributed by atoms with Gasteiger partial charge in [-0.15, -0.1) is 0 Å². The van der Waals surface area contributed by atoms with Crippen molar-refractivity contribution >= 4 is 22.9 Å². The fraction of sp³-hybridized carbons (Fsp3) is 0.440. The van der Waals surface area contributed by atoms with Crippen molar-refractivity contribution in [3.05, 3.63) is 35.9 Å². The molecule has 34 heavy (non-hydrogen) atoms. The van der Waals surface area contributed by atoms with Gasteiger partial charge in [-0.1, -0.05) is 0 Å². The van der Waals surface area contributed by atoms with Crippen molar-refractivity contribution in [2.24, 2.45) is 5.73 Å². The van der Waals surface area contributed by atoms with E-state index in [2.05, 4.69) is 5.32 Å². The fourth-order valence-corrected chi connectivity index (χ4v) is 4.37. The lowest BCUT2D eigenvalue weighted by Gasteiger charge is -2.26. The van der Waals surface area contributed by atoms with Gasteiger partial charge in [0.2, 0.25) is 11.7 Å². The summed E-state index contributed by atoms with van der Waals surface area (Å²) in [5.74, 6) is 2.29. The lowest BCUT2D eigenvalue weighted by atomic mass is 10.1. The van der Waals surface area contributed by atoms with Gasteiger partial charge >= 0.3 is 0 Å². The molecule has 1 fully saturated rings. The lowest BCUT2D eigenvalue weighted by molar-refractivity contribution is 0.0724. The van der Waals surface area contributed by atoms with Crippen LogP contribution in [0.15, 0.2) is 30.3 Å². The molecule has 0 saturated carbocycles. The van der Waals surface area contributed by atoms with Gasteiger partial charge in [0.1, 0.15) is 0 Å². The summed E-state index contributed by atoms with van der Waals surface area (Å²) in [6.07, 6.45) is 4.07. The number of imidazole rings is 1. The molecule has 9 nitrogen and oxygen atoms in total. The van der Waals surface area contributed by atoms with E-state index in [1.54, 1.807) is 21.3 Å². The van der Waals surface area contributed by atoms with Gasteiger partial charge in [-0.2, -0.15) is 0 Å². The zero-order chi connectivity index (χ0) is 24.1. The van der Waals surface area contributed by atoms with Gasteiger partial charge in [0.15, 0.2) is 11.5 Å². The molecule has 0 atom stereocenters. The number of rotatable bonds is 9. The second-order valence-corrected chi connectivity index (χ2v) is 8.28. The first-order chi connectivity index (χ1) is 16.6. The van der Waals surface area contributed by atoms with Crippen LogP contribution in [0.3, 0.4) is 0 Å². The Kier molecular flexibility index (Phi) is 7.42. The highest BCUT2D eigenvalue weighted by molar-refractivity contribution is 5.98. The van der Waals surface area contributed by atoms with Crippen molar-refractivity contribution in [2.75, 3.05) is 52.8 Å². The molecule has 4 rings (SSSR count). The van der Waals surface area contributed by atoms with Crippen LogP contribution in [0.4, 0.5) is 5.95 Å². The Hall–Kier alpha value is -3.46. The molecule has 0 aliphatic carbocycles. The van der Waals surface area contributed by atoms with E-state index in [4.69, 9.17) is 24.9 Å². The van der Waals surface area contributed by atoms with Gasteiger partial charge in [0.25, 0.3) is 5.91 Å². The van der Waals surface area contributed by atoms with Crippen LogP contribution in [-0.4, -0.2) is 67.9 Å². The molecule has 1 aliphatic rings. The number of carbonyl (C=O) groups is 1. The summed E-state index contributed by atoms with van der Waals surface area (Å²) in [6, 6.07) is 9.41. The first-order valence-electron chi connectivity index (χ1n) is 11.7. The van der Waals surface area contributed by atoms with Crippen LogP contribution >= 0.6 is 0 Å². The van der Waals surface area contributed by atoms with E-state index in [9.17, 15) is 4.79 Å². The van der Waals surface area contributed by atoms with Gasteiger partial charge in [0.05, 0.1) is 38.1 Å². The van der Waals surface area contributed by atoms with Gasteiger partial charge in [-0.25, -0.2) is 4.98 Å². The molecular formula is C25H33N5O4. The Labute approximate surface area is 199 Å². The second kappa shape index (κ2) is 10.6. The van der Waals surface area contributed by atoms with Crippen LogP contribution in [0, 0.1) is 0 Å². The summed E-state index contributed by atoms with van der Waals surface area (Å²) in [7, 11) is 4.75. The molecule has 1 amide bonds. The molecule has 3 aromatic rings. The summed E-state index contributed by atoms with van der Waals surface area (Å²) in [5, 5.41) is 3.38. The molecule has 0 unspecified atom stereocenters. The first-order valence-corrected chi connectivity index (χ1v) is 11.7. The monoisotopic (exact) mass is 467 g/mol. The van der Waals surface area contributed by atoms with E-state index in [0.29, 0.717) is 41.8 Å². The Morgan fingerprint density at radius 3 is 2.35 bits per heavy atom. The van der Waals surface area contributed by atoms with Crippen molar-refractivity contribution in [3.8, 4) is 22.9 Å². The Bertz CT molecular complexity index is 1130. The summed E-state index contributed by atoms with van der Waals surface area (Å²) >= 11 is 0. The molecule has 2 heterocycles. The number of methoxy groups -OCH3 is 3. The predicted molar refractivity (Wildman–Crippen MR) is 133 cm³/mol. The van der Waals surface area contributed by atoms with Crippen molar-refractivity contribution in [1.29, 1.82) is 0 Å². The van der Waals surface area contributed by atoms with Crippen molar-refractivity contribution < 1.29 is 19.0 Å². The molecule has 1 aromatic heterocycles. The van der Waals surface area contributed by atoms with Crippen LogP contribution in [0.25, 0.3) is 16.7 Å². The fourth-order valence-electron chi connectivity index (χ4n) is 4.37. The number of benzene rings is 2. The highest BCUT2D eigenvalue weighted by Gasteiger charge is 2.22. The number of nitrogens with zero attached hydrogens (tertiary/aromatic N) is 3. The summed E-state index contributed by atoms with van der Waals surface area (Å²) < 4.78 is 18.6. The highest BCUT2D eigenvalue weighted by atomic mass is 16.5. The van der Waals surface area contributed by atoms with Crippen LogP contribution in [0.2, 0.25) is 0 Å². The second-order valence-electron chi connectivity index (χ2n) is 8.28. The van der Waals surface area contributed by atoms with Gasteiger partial charge in [-0.3, -0.25) is 9.36 Å². The number of aromatic nitrogens is 2. The minimum absolute atomic E-state index is 0.0527. The topological polar surface area (TPSA) is 104 Å². The van der Waals surface area contributed by atoms with E-state index in [-0.39, 0.29) is 5.91 Å². The molecule has 9 heteroatoms. The van der Waals surface area contributed by atoms with Gasteiger partial charge in [-0.05, 0) is 50.4 Å². The van der Waals surface area contributed by atoms with E-state index in [1.165, 1.54) is 6.42 Å². The third kappa shape index (κ3) is 4.61. The summed E-state index contributed by atoms with van der Waals surface area (Å²) in [6.45, 7) is 2.85. The Morgan fingerprint density at radius 1 is 1.03 bits per heavy atom. The molecule has 0 radical (unpaired) electrons. The quantitative estimate of drug-likeness (QED) is 0.465. The molecule has 1 aliphatic heterocycles. The molecule has 0 spiro atoms. The number of amides is 1. The minimum Gasteiger partial charge on any atom is -0.493 e. The lowest BCUT2D eigenvalue weighted by Crippen LogP contribution is -2.35. The maximum atomic E-state index is 13.2. The molecule has 1 saturated heterocycles. The number of ether oxygens (including phenoxy) is 3. The zero-order valence-electron chi connectivity index (χ0n) is 20.1. The number of anilines is 1. The SMILES string of the molecule is COc1cc(-n2c(NCCCN)nc3ccc(C(=O)N4CCCCC4)cc32)cc(OC)c1OC. The average Bonchev–Trinajstić information content (AvgIpc) is 3.25. The van der Waals surface area contributed by atoms with Gasteiger partial charge in [0, 0.05) is 37.3 Å². The van der Waals surface area contributed by atoms with Crippen LogP contribution in [0.5, 0.6) is 17.2 Å². The van der Waals surface area contributed by atoms with E-state index >= 15 is 0 Å². The largest absolute Gasteiger partial charge is 0.493 e. The van der Waals surface area contributed by atoms with Crippen LogP contribution in [0.1, 0.15) is 36.0 Å². The standard InChI is InChI=1S/C25H33N5O4/c1-32-21-15-18(16-22(33-2)23(21)34-3)30-20-14-17(24(31)29-12-5-4-6-13-29)8-9-19(20)28-25(30)27-11-7-10-26/h8-9,14-16H,4-7,10-13,26H2,1-3H3,(H,27,28). The number of nitrogens with one attached hydrogen (secondary N) is 1. The predicted octanol–water partition coefficient (Wildman–Crippen LogP) is 3.44. The number of hydrogen-bond acceptors (Lipinski definition) is 7. The highest BCUT2D eigenvalue weighted by Crippen LogP contribution is 2.40.